The molecule has 0 radical (unpaired) electrons. The number of anilines is 1. The van der Waals surface area contributed by atoms with E-state index in [0.717, 1.165) is 38.1 Å². The summed E-state index contributed by atoms with van der Waals surface area (Å²) in [6.45, 7) is 0. The Morgan fingerprint density at radius 1 is 0.893 bits per heavy atom. The van der Waals surface area contributed by atoms with E-state index in [0.29, 0.717) is 5.13 Å². The quantitative estimate of drug-likeness (QED) is 0.440. The van der Waals surface area contributed by atoms with E-state index in [2.05, 4.69) is 46.4 Å². The molecule has 0 saturated heterocycles. The molecule has 0 atom stereocenters. The summed E-state index contributed by atoms with van der Waals surface area (Å²) >= 11 is 3.07. The standard InChI is InChI=1S/C21H15N5S2/c22-21-24-17(12-27-21)20-25-18(14-4-2-1-3-5-14)19(28-20)15-6-8-16(9-7-15)26-11-10-23-13-26/h1-13H,(H2,22,24). The van der Waals surface area contributed by atoms with Gasteiger partial charge in [-0.2, -0.15) is 0 Å². The Bertz CT molecular complexity index is 1210. The van der Waals surface area contributed by atoms with Crippen LogP contribution in [0.2, 0.25) is 0 Å². The molecule has 3 heterocycles. The van der Waals surface area contributed by atoms with Gasteiger partial charge in [-0.05, 0) is 17.7 Å². The average molecular weight is 402 g/mol. The van der Waals surface area contributed by atoms with Gasteiger partial charge in [0.25, 0.3) is 0 Å². The van der Waals surface area contributed by atoms with Gasteiger partial charge in [0.15, 0.2) is 5.13 Å². The van der Waals surface area contributed by atoms with Crippen molar-refractivity contribution in [3.8, 4) is 38.1 Å². The SMILES string of the molecule is Nc1nc(-c2nc(-c3ccccc3)c(-c3ccc(-n4ccnc4)cc3)s2)cs1. The van der Waals surface area contributed by atoms with E-state index in [1.807, 2.05) is 34.3 Å². The number of benzene rings is 2. The number of aromatic nitrogens is 4. The zero-order valence-corrected chi connectivity index (χ0v) is 16.3. The fraction of sp³-hybridized carbons (Fsp3) is 0. The van der Waals surface area contributed by atoms with Crippen molar-refractivity contribution >= 4 is 27.8 Å². The Morgan fingerprint density at radius 3 is 2.39 bits per heavy atom. The molecule has 0 bridgehead atoms. The Kier molecular flexibility index (Phi) is 4.23. The first kappa shape index (κ1) is 16.9. The molecular formula is C21H15N5S2. The molecule has 0 spiro atoms. The normalized spacial score (nSPS) is 11.0. The Hall–Kier alpha value is -3.29. The minimum absolute atomic E-state index is 0.553. The van der Waals surface area contributed by atoms with Crippen molar-refractivity contribution < 1.29 is 0 Å². The van der Waals surface area contributed by atoms with Crippen molar-refractivity contribution in [2.45, 2.75) is 0 Å². The molecule has 5 nitrogen and oxygen atoms in total. The molecule has 136 valence electrons. The van der Waals surface area contributed by atoms with Crippen molar-refractivity contribution in [3.05, 3.63) is 78.7 Å². The lowest BCUT2D eigenvalue weighted by Crippen LogP contribution is -1.89. The molecule has 0 aliphatic carbocycles. The third-order valence-electron chi connectivity index (χ3n) is 4.35. The van der Waals surface area contributed by atoms with Gasteiger partial charge in [0, 0.05) is 29.0 Å². The minimum Gasteiger partial charge on any atom is -0.375 e. The van der Waals surface area contributed by atoms with Crippen molar-refractivity contribution in [1.82, 2.24) is 19.5 Å². The number of nitrogens with zero attached hydrogens (tertiary/aromatic N) is 4. The van der Waals surface area contributed by atoms with E-state index in [4.69, 9.17) is 10.7 Å². The molecule has 0 aliphatic rings. The van der Waals surface area contributed by atoms with Gasteiger partial charge in [-0.1, -0.05) is 42.5 Å². The number of nitrogen functional groups attached to an aromatic ring is 1. The highest BCUT2D eigenvalue weighted by atomic mass is 32.1. The van der Waals surface area contributed by atoms with Crippen LogP contribution in [0.5, 0.6) is 0 Å². The van der Waals surface area contributed by atoms with Gasteiger partial charge in [0.05, 0.1) is 16.9 Å². The number of rotatable bonds is 4. The zero-order chi connectivity index (χ0) is 18.9. The molecule has 0 fully saturated rings. The molecule has 5 aromatic rings. The molecule has 7 heteroatoms. The molecule has 2 aromatic carbocycles. The highest BCUT2D eigenvalue weighted by molar-refractivity contribution is 7.19. The van der Waals surface area contributed by atoms with Gasteiger partial charge in [0.1, 0.15) is 10.7 Å². The first-order chi connectivity index (χ1) is 13.8. The van der Waals surface area contributed by atoms with Crippen LogP contribution in [0, 0.1) is 0 Å². The summed E-state index contributed by atoms with van der Waals surface area (Å²) in [5, 5.41) is 3.38. The van der Waals surface area contributed by atoms with Gasteiger partial charge in [0.2, 0.25) is 0 Å². The van der Waals surface area contributed by atoms with Crippen LogP contribution in [0.4, 0.5) is 5.13 Å². The maximum absolute atomic E-state index is 5.82. The van der Waals surface area contributed by atoms with Crippen LogP contribution in [0.3, 0.4) is 0 Å². The minimum atomic E-state index is 0.553. The fourth-order valence-electron chi connectivity index (χ4n) is 3.00. The number of hydrogen-bond donors (Lipinski definition) is 1. The van der Waals surface area contributed by atoms with E-state index in [1.54, 1.807) is 23.9 Å². The van der Waals surface area contributed by atoms with Gasteiger partial charge < -0.3 is 10.3 Å². The summed E-state index contributed by atoms with van der Waals surface area (Å²) in [6.07, 6.45) is 5.50. The van der Waals surface area contributed by atoms with Crippen LogP contribution in [0.1, 0.15) is 0 Å². The second-order valence-corrected chi connectivity index (χ2v) is 8.04. The van der Waals surface area contributed by atoms with Crippen LogP contribution >= 0.6 is 22.7 Å². The Morgan fingerprint density at radius 2 is 1.71 bits per heavy atom. The third kappa shape index (κ3) is 3.11. The predicted octanol–water partition coefficient (Wildman–Crippen LogP) is 5.37. The van der Waals surface area contributed by atoms with Crippen LogP contribution in [0.25, 0.3) is 38.1 Å². The summed E-state index contributed by atoms with van der Waals surface area (Å²) in [5.41, 5.74) is 10.9. The monoisotopic (exact) mass is 401 g/mol. The van der Waals surface area contributed by atoms with Gasteiger partial charge in [-0.25, -0.2) is 15.0 Å². The van der Waals surface area contributed by atoms with Crippen LogP contribution in [-0.4, -0.2) is 19.5 Å². The second-order valence-electron chi connectivity index (χ2n) is 6.15. The Labute approximate surface area is 169 Å². The number of hydrogen-bond acceptors (Lipinski definition) is 6. The van der Waals surface area contributed by atoms with E-state index >= 15 is 0 Å². The smallest absolute Gasteiger partial charge is 0.180 e. The fourth-order valence-corrected chi connectivity index (χ4v) is 4.68. The number of nitrogens with two attached hydrogens (primary N) is 1. The highest BCUT2D eigenvalue weighted by Crippen LogP contribution is 2.41. The lowest BCUT2D eigenvalue weighted by molar-refractivity contribution is 1.06. The highest BCUT2D eigenvalue weighted by Gasteiger charge is 2.17. The lowest BCUT2D eigenvalue weighted by atomic mass is 10.1. The van der Waals surface area contributed by atoms with Crippen molar-refractivity contribution in [1.29, 1.82) is 0 Å². The molecule has 0 unspecified atom stereocenters. The van der Waals surface area contributed by atoms with Crippen molar-refractivity contribution in [2.24, 2.45) is 0 Å². The Balaban J connectivity index is 1.62. The lowest BCUT2D eigenvalue weighted by Gasteiger charge is -2.05. The molecule has 0 saturated carbocycles. The first-order valence-corrected chi connectivity index (χ1v) is 10.3. The third-order valence-corrected chi connectivity index (χ3v) is 6.15. The van der Waals surface area contributed by atoms with E-state index in [9.17, 15) is 0 Å². The molecule has 0 aliphatic heterocycles. The predicted molar refractivity (Wildman–Crippen MR) is 116 cm³/mol. The summed E-state index contributed by atoms with van der Waals surface area (Å²) in [5.74, 6) is 0. The van der Waals surface area contributed by atoms with Crippen LogP contribution in [-0.2, 0) is 0 Å². The topological polar surface area (TPSA) is 69.6 Å². The maximum atomic E-state index is 5.82. The number of imidazole rings is 1. The summed E-state index contributed by atoms with van der Waals surface area (Å²) in [6, 6.07) is 18.6. The molecule has 2 N–H and O–H groups in total. The molecule has 5 rings (SSSR count). The van der Waals surface area contributed by atoms with E-state index < -0.39 is 0 Å². The zero-order valence-electron chi connectivity index (χ0n) is 14.7. The summed E-state index contributed by atoms with van der Waals surface area (Å²) < 4.78 is 1.98. The van der Waals surface area contributed by atoms with E-state index in [-0.39, 0.29) is 0 Å². The maximum Gasteiger partial charge on any atom is 0.180 e. The number of thiazole rings is 2. The average Bonchev–Trinajstić information content (AvgIpc) is 3.49. The molecular weight excluding hydrogens is 386 g/mol. The first-order valence-electron chi connectivity index (χ1n) is 8.64. The second kappa shape index (κ2) is 7.03. The van der Waals surface area contributed by atoms with E-state index in [1.165, 1.54) is 11.3 Å². The molecule has 0 amide bonds. The largest absolute Gasteiger partial charge is 0.375 e. The van der Waals surface area contributed by atoms with Crippen LogP contribution in [0.15, 0.2) is 78.7 Å². The van der Waals surface area contributed by atoms with Crippen molar-refractivity contribution in [3.63, 3.8) is 0 Å². The molecule has 28 heavy (non-hydrogen) atoms. The van der Waals surface area contributed by atoms with Crippen LogP contribution < -0.4 is 5.73 Å². The summed E-state index contributed by atoms with van der Waals surface area (Å²) in [7, 11) is 0. The van der Waals surface area contributed by atoms with Gasteiger partial charge >= 0.3 is 0 Å². The van der Waals surface area contributed by atoms with Gasteiger partial charge in [-0.3, -0.25) is 0 Å². The summed E-state index contributed by atoms with van der Waals surface area (Å²) in [4.78, 5) is 14.5. The molecule has 3 aromatic heterocycles. The van der Waals surface area contributed by atoms with Crippen molar-refractivity contribution in [2.75, 3.05) is 5.73 Å². The van der Waals surface area contributed by atoms with Gasteiger partial charge in [-0.15, -0.1) is 22.7 Å².